The minimum absolute atomic E-state index is 0.227. The number of H-pyrrole nitrogens is 1. The Balaban J connectivity index is 1.96. The van der Waals surface area contributed by atoms with Gasteiger partial charge in [0.2, 0.25) is 0 Å². The standard InChI is InChI=1S/C17H15FN2O/c1-10-4-3-5-13(8-10)19-17(21)16-11(2)14-9-12(18)6-7-15(14)20-16/h3-9,20H,1-2H3,(H,19,21). The van der Waals surface area contributed by atoms with Crippen molar-refractivity contribution in [3.05, 3.63) is 65.1 Å². The van der Waals surface area contributed by atoms with Crippen molar-refractivity contribution < 1.29 is 9.18 Å². The molecule has 0 radical (unpaired) electrons. The quantitative estimate of drug-likeness (QED) is 0.727. The first kappa shape index (κ1) is 13.4. The second-order valence-corrected chi connectivity index (χ2v) is 5.14. The zero-order chi connectivity index (χ0) is 15.0. The number of anilines is 1. The van der Waals surface area contributed by atoms with Gasteiger partial charge in [0.15, 0.2) is 0 Å². The highest BCUT2D eigenvalue weighted by Crippen LogP contribution is 2.23. The van der Waals surface area contributed by atoms with Gasteiger partial charge < -0.3 is 10.3 Å². The largest absolute Gasteiger partial charge is 0.350 e. The van der Waals surface area contributed by atoms with Crippen LogP contribution in [0.2, 0.25) is 0 Å². The monoisotopic (exact) mass is 282 g/mol. The van der Waals surface area contributed by atoms with E-state index in [1.807, 2.05) is 38.1 Å². The molecule has 1 heterocycles. The average molecular weight is 282 g/mol. The summed E-state index contributed by atoms with van der Waals surface area (Å²) in [6.45, 7) is 3.77. The molecule has 0 aliphatic rings. The van der Waals surface area contributed by atoms with E-state index in [2.05, 4.69) is 10.3 Å². The molecule has 0 atom stereocenters. The van der Waals surface area contributed by atoms with Gasteiger partial charge in [0.25, 0.3) is 5.91 Å². The minimum Gasteiger partial charge on any atom is -0.350 e. The maximum absolute atomic E-state index is 13.3. The number of aromatic nitrogens is 1. The molecule has 0 fully saturated rings. The first-order valence-electron chi connectivity index (χ1n) is 6.70. The van der Waals surface area contributed by atoms with E-state index in [-0.39, 0.29) is 11.7 Å². The maximum atomic E-state index is 13.3. The van der Waals surface area contributed by atoms with E-state index in [1.165, 1.54) is 12.1 Å². The Morgan fingerprint density at radius 2 is 1.95 bits per heavy atom. The second kappa shape index (κ2) is 5.05. The van der Waals surface area contributed by atoms with Crippen LogP contribution in [0.15, 0.2) is 42.5 Å². The second-order valence-electron chi connectivity index (χ2n) is 5.14. The normalized spacial score (nSPS) is 10.8. The zero-order valence-corrected chi connectivity index (χ0v) is 11.8. The van der Waals surface area contributed by atoms with Crippen LogP contribution in [-0.4, -0.2) is 10.9 Å². The third kappa shape index (κ3) is 2.52. The van der Waals surface area contributed by atoms with Crippen LogP contribution < -0.4 is 5.32 Å². The molecule has 2 N–H and O–H groups in total. The fourth-order valence-corrected chi connectivity index (χ4v) is 2.44. The Bertz CT molecular complexity index is 836. The van der Waals surface area contributed by atoms with Crippen molar-refractivity contribution in [2.75, 3.05) is 5.32 Å². The number of benzene rings is 2. The van der Waals surface area contributed by atoms with Crippen molar-refractivity contribution in [3.63, 3.8) is 0 Å². The molecule has 1 amide bonds. The van der Waals surface area contributed by atoms with Crippen molar-refractivity contribution in [1.82, 2.24) is 4.98 Å². The van der Waals surface area contributed by atoms with E-state index in [0.29, 0.717) is 5.69 Å². The Kier molecular flexibility index (Phi) is 3.22. The lowest BCUT2D eigenvalue weighted by atomic mass is 10.1. The molecule has 0 saturated carbocycles. The highest BCUT2D eigenvalue weighted by molar-refractivity contribution is 6.07. The molecule has 21 heavy (non-hydrogen) atoms. The highest BCUT2D eigenvalue weighted by Gasteiger charge is 2.15. The van der Waals surface area contributed by atoms with Gasteiger partial charge in [-0.2, -0.15) is 0 Å². The van der Waals surface area contributed by atoms with Crippen LogP contribution >= 0.6 is 0 Å². The minimum atomic E-state index is -0.310. The zero-order valence-electron chi connectivity index (χ0n) is 11.8. The summed E-state index contributed by atoms with van der Waals surface area (Å²) in [5, 5.41) is 3.58. The van der Waals surface area contributed by atoms with Gasteiger partial charge in [-0.25, -0.2) is 4.39 Å². The van der Waals surface area contributed by atoms with Crippen molar-refractivity contribution in [2.24, 2.45) is 0 Å². The van der Waals surface area contributed by atoms with Crippen molar-refractivity contribution in [2.45, 2.75) is 13.8 Å². The summed E-state index contributed by atoms with van der Waals surface area (Å²) in [6.07, 6.45) is 0. The van der Waals surface area contributed by atoms with Crippen LogP contribution in [-0.2, 0) is 0 Å². The number of hydrogen-bond acceptors (Lipinski definition) is 1. The van der Waals surface area contributed by atoms with Crippen LogP contribution in [0.3, 0.4) is 0 Å². The van der Waals surface area contributed by atoms with E-state index < -0.39 is 0 Å². The Morgan fingerprint density at radius 3 is 2.71 bits per heavy atom. The highest BCUT2D eigenvalue weighted by atomic mass is 19.1. The molecule has 0 aliphatic heterocycles. The molecule has 0 aliphatic carbocycles. The first-order chi connectivity index (χ1) is 10.0. The lowest BCUT2D eigenvalue weighted by molar-refractivity contribution is 0.102. The summed E-state index contributed by atoms with van der Waals surface area (Å²) in [5.41, 5.74) is 3.77. The van der Waals surface area contributed by atoms with Crippen LogP contribution in [0, 0.1) is 19.7 Å². The predicted octanol–water partition coefficient (Wildman–Crippen LogP) is 4.18. The molecule has 3 rings (SSSR count). The van der Waals surface area contributed by atoms with Gasteiger partial charge in [-0.3, -0.25) is 4.79 Å². The molecule has 0 unspecified atom stereocenters. The van der Waals surface area contributed by atoms with Crippen LogP contribution in [0.1, 0.15) is 21.6 Å². The molecule has 4 heteroatoms. The van der Waals surface area contributed by atoms with Crippen LogP contribution in [0.25, 0.3) is 10.9 Å². The summed E-state index contributed by atoms with van der Waals surface area (Å²) in [5.74, 6) is -0.537. The smallest absolute Gasteiger partial charge is 0.272 e. The number of carbonyl (C=O) groups excluding carboxylic acids is 1. The number of fused-ring (bicyclic) bond motifs is 1. The van der Waals surface area contributed by atoms with E-state index in [4.69, 9.17) is 0 Å². The van der Waals surface area contributed by atoms with Gasteiger partial charge in [0.1, 0.15) is 11.5 Å². The van der Waals surface area contributed by atoms with Crippen molar-refractivity contribution in [3.8, 4) is 0 Å². The van der Waals surface area contributed by atoms with Crippen molar-refractivity contribution in [1.29, 1.82) is 0 Å². The van der Waals surface area contributed by atoms with E-state index in [0.717, 1.165) is 27.7 Å². The third-order valence-electron chi connectivity index (χ3n) is 3.52. The Hall–Kier alpha value is -2.62. The molecule has 106 valence electrons. The lowest BCUT2D eigenvalue weighted by Crippen LogP contribution is -2.13. The van der Waals surface area contributed by atoms with E-state index in [9.17, 15) is 9.18 Å². The molecule has 0 spiro atoms. The van der Waals surface area contributed by atoms with Gasteiger partial charge in [0.05, 0.1) is 0 Å². The SMILES string of the molecule is Cc1cccc(NC(=O)c2[nH]c3ccc(F)cc3c2C)c1. The number of amides is 1. The predicted molar refractivity (Wildman–Crippen MR) is 82.1 cm³/mol. The number of halogens is 1. The first-order valence-corrected chi connectivity index (χ1v) is 6.70. The summed E-state index contributed by atoms with van der Waals surface area (Å²) in [6, 6.07) is 12.0. The van der Waals surface area contributed by atoms with Gasteiger partial charge in [-0.05, 0) is 55.3 Å². The molecular formula is C17H15FN2O. The Morgan fingerprint density at radius 1 is 1.14 bits per heavy atom. The summed E-state index contributed by atoms with van der Waals surface area (Å²) >= 11 is 0. The number of rotatable bonds is 2. The number of carbonyl (C=O) groups is 1. The van der Waals surface area contributed by atoms with Gasteiger partial charge >= 0.3 is 0 Å². The molecule has 3 aromatic rings. The summed E-state index contributed by atoms with van der Waals surface area (Å²) < 4.78 is 13.3. The molecule has 0 bridgehead atoms. The Labute approximate surface area is 121 Å². The average Bonchev–Trinajstić information content (AvgIpc) is 2.76. The maximum Gasteiger partial charge on any atom is 0.272 e. The molecular weight excluding hydrogens is 267 g/mol. The third-order valence-corrected chi connectivity index (χ3v) is 3.52. The lowest BCUT2D eigenvalue weighted by Gasteiger charge is -2.05. The number of aromatic amines is 1. The topological polar surface area (TPSA) is 44.9 Å². The fraction of sp³-hybridized carbons (Fsp3) is 0.118. The van der Waals surface area contributed by atoms with E-state index in [1.54, 1.807) is 6.07 Å². The van der Waals surface area contributed by atoms with Gasteiger partial charge in [-0.1, -0.05) is 12.1 Å². The summed E-state index contributed by atoms with van der Waals surface area (Å²) in [7, 11) is 0. The number of aryl methyl sites for hydroxylation is 2. The molecule has 3 nitrogen and oxygen atoms in total. The molecule has 2 aromatic carbocycles. The van der Waals surface area contributed by atoms with Crippen LogP contribution in [0.4, 0.5) is 10.1 Å². The van der Waals surface area contributed by atoms with Gasteiger partial charge in [-0.15, -0.1) is 0 Å². The van der Waals surface area contributed by atoms with E-state index >= 15 is 0 Å². The molecule has 0 saturated heterocycles. The summed E-state index contributed by atoms with van der Waals surface area (Å²) in [4.78, 5) is 15.4. The number of nitrogens with one attached hydrogen (secondary N) is 2. The van der Waals surface area contributed by atoms with Crippen LogP contribution in [0.5, 0.6) is 0 Å². The van der Waals surface area contributed by atoms with Crippen molar-refractivity contribution >= 4 is 22.5 Å². The molecule has 1 aromatic heterocycles. The van der Waals surface area contributed by atoms with Gasteiger partial charge in [0, 0.05) is 16.6 Å². The number of hydrogen-bond donors (Lipinski definition) is 2. The fourth-order valence-electron chi connectivity index (χ4n) is 2.44.